The van der Waals surface area contributed by atoms with E-state index in [1.165, 1.54) is 0 Å². The molecule has 3 rings (SSSR count). The van der Waals surface area contributed by atoms with Crippen LogP contribution in [0.4, 0.5) is 0 Å². The number of benzene rings is 2. The molecular weight excluding hydrogens is 388 g/mol. The van der Waals surface area contributed by atoms with Crippen LogP contribution in [0.2, 0.25) is 0 Å². The van der Waals surface area contributed by atoms with Crippen molar-refractivity contribution in [1.29, 1.82) is 0 Å². The van der Waals surface area contributed by atoms with Crippen LogP contribution in [0.25, 0.3) is 0 Å². The molecule has 2 atom stereocenters. The van der Waals surface area contributed by atoms with Gasteiger partial charge in [-0.3, -0.25) is 9.59 Å². The van der Waals surface area contributed by atoms with E-state index in [0.29, 0.717) is 36.6 Å². The number of rotatable bonds is 8. The monoisotopic (exact) mass is 414 g/mol. The number of carbonyl (C=O) groups excluding carboxylic acids is 2. The van der Waals surface area contributed by atoms with Gasteiger partial charge in [-0.05, 0) is 42.7 Å². The molecule has 6 nitrogen and oxygen atoms in total. The van der Waals surface area contributed by atoms with Gasteiger partial charge in [0.05, 0.1) is 6.54 Å². The third kappa shape index (κ3) is 5.67. The zero-order valence-corrected chi connectivity index (χ0v) is 17.5. The molecule has 2 aromatic carbocycles. The van der Waals surface area contributed by atoms with Crippen molar-refractivity contribution in [3.8, 4) is 11.5 Å². The first-order valence-electron chi connectivity index (χ1n) is 9.56. The number of amides is 2. The molecule has 154 valence electrons. The summed E-state index contributed by atoms with van der Waals surface area (Å²) in [4.78, 5) is 27.2. The Balaban J connectivity index is 1.61. The van der Waals surface area contributed by atoms with Crippen molar-refractivity contribution in [3.63, 3.8) is 0 Å². The van der Waals surface area contributed by atoms with Gasteiger partial charge in [0.25, 0.3) is 5.91 Å². The first-order chi connectivity index (χ1) is 14.1. The van der Waals surface area contributed by atoms with E-state index in [1.807, 2.05) is 36.6 Å². The lowest BCUT2D eigenvalue weighted by molar-refractivity contribution is -0.133. The van der Waals surface area contributed by atoms with Crippen molar-refractivity contribution < 1.29 is 19.1 Å². The Kier molecular flexibility index (Phi) is 7.41. The number of ether oxygens (including phenoxy) is 2. The van der Waals surface area contributed by atoms with Crippen LogP contribution in [0.5, 0.6) is 11.5 Å². The van der Waals surface area contributed by atoms with Crippen LogP contribution < -0.4 is 14.8 Å². The van der Waals surface area contributed by atoms with Crippen LogP contribution in [-0.4, -0.2) is 61.1 Å². The molecule has 0 aromatic heterocycles. The quantitative estimate of drug-likeness (QED) is 0.720. The van der Waals surface area contributed by atoms with Gasteiger partial charge in [-0.2, -0.15) is 11.8 Å². The fourth-order valence-electron chi connectivity index (χ4n) is 3.14. The van der Waals surface area contributed by atoms with Crippen molar-refractivity contribution in [2.75, 3.05) is 32.2 Å². The maximum atomic E-state index is 13.0. The highest BCUT2D eigenvalue weighted by atomic mass is 32.2. The van der Waals surface area contributed by atoms with Gasteiger partial charge < -0.3 is 19.7 Å². The van der Waals surface area contributed by atoms with Gasteiger partial charge in [-0.1, -0.05) is 30.3 Å². The van der Waals surface area contributed by atoms with E-state index < -0.39 is 6.04 Å². The van der Waals surface area contributed by atoms with Crippen molar-refractivity contribution in [3.05, 3.63) is 60.2 Å². The summed E-state index contributed by atoms with van der Waals surface area (Å²) in [7, 11) is 1.73. The molecule has 7 heteroatoms. The molecule has 0 fully saturated rings. The van der Waals surface area contributed by atoms with Gasteiger partial charge >= 0.3 is 0 Å². The second-order valence-electron chi connectivity index (χ2n) is 6.89. The lowest BCUT2D eigenvalue weighted by atomic mass is 10.1. The van der Waals surface area contributed by atoms with Crippen molar-refractivity contribution in [2.24, 2.45) is 0 Å². The van der Waals surface area contributed by atoms with Crippen LogP contribution in [0.15, 0.2) is 54.6 Å². The van der Waals surface area contributed by atoms with Crippen LogP contribution in [0.1, 0.15) is 16.8 Å². The third-order valence-electron chi connectivity index (χ3n) is 4.67. The number of hydrogen-bond acceptors (Lipinski definition) is 5. The zero-order valence-electron chi connectivity index (χ0n) is 16.7. The second kappa shape index (κ2) is 10.2. The minimum absolute atomic E-state index is 0.134. The minimum Gasteiger partial charge on any atom is -0.486 e. The molecule has 1 heterocycles. The molecule has 2 aromatic rings. The Bertz CT molecular complexity index is 831. The van der Waals surface area contributed by atoms with Gasteiger partial charge in [0.1, 0.15) is 12.6 Å². The average molecular weight is 415 g/mol. The Labute approximate surface area is 175 Å². The number of fused-ring (bicyclic) bond motifs is 1. The summed E-state index contributed by atoms with van der Waals surface area (Å²) in [5.41, 5.74) is 0.540. The molecule has 2 amide bonds. The van der Waals surface area contributed by atoms with E-state index in [4.69, 9.17) is 9.47 Å². The zero-order chi connectivity index (χ0) is 20.6. The van der Waals surface area contributed by atoms with Gasteiger partial charge in [-0.25, -0.2) is 0 Å². The largest absolute Gasteiger partial charge is 0.486 e. The van der Waals surface area contributed by atoms with Gasteiger partial charge in [0.15, 0.2) is 17.6 Å². The molecule has 1 aliphatic heterocycles. The number of nitrogens with zero attached hydrogens (tertiary/aromatic N) is 1. The van der Waals surface area contributed by atoms with E-state index in [1.54, 1.807) is 48.0 Å². The van der Waals surface area contributed by atoms with Crippen molar-refractivity contribution in [2.45, 2.75) is 18.6 Å². The summed E-state index contributed by atoms with van der Waals surface area (Å²) in [5, 5.41) is 2.89. The Hall–Kier alpha value is -2.67. The molecule has 0 spiro atoms. The first kappa shape index (κ1) is 21.0. The van der Waals surface area contributed by atoms with Gasteiger partial charge in [0, 0.05) is 12.6 Å². The normalized spacial score (nSPS) is 16.0. The highest BCUT2D eigenvalue weighted by molar-refractivity contribution is 7.98. The number of thioether (sulfide) groups is 1. The van der Waals surface area contributed by atoms with Crippen LogP contribution in [0, 0.1) is 0 Å². The fourth-order valence-corrected chi connectivity index (χ4v) is 3.61. The predicted molar refractivity (Wildman–Crippen MR) is 115 cm³/mol. The minimum atomic E-state index is -0.586. The summed E-state index contributed by atoms with van der Waals surface area (Å²) < 4.78 is 11.7. The summed E-state index contributed by atoms with van der Waals surface area (Å²) in [6, 6.07) is 15.8. The van der Waals surface area contributed by atoms with E-state index in [2.05, 4.69) is 5.32 Å². The SMILES string of the molecule is CSCC[C@@H](NC(=O)c1ccccc1)C(=O)N(C)C[C@@H]1COc2ccccc2O1. The highest BCUT2D eigenvalue weighted by Crippen LogP contribution is 2.31. The second-order valence-corrected chi connectivity index (χ2v) is 7.88. The number of nitrogens with one attached hydrogen (secondary N) is 1. The maximum Gasteiger partial charge on any atom is 0.251 e. The van der Waals surface area contributed by atoms with Gasteiger partial charge in [0.2, 0.25) is 5.91 Å². The lowest BCUT2D eigenvalue weighted by Crippen LogP contribution is -2.50. The van der Waals surface area contributed by atoms with Gasteiger partial charge in [-0.15, -0.1) is 0 Å². The molecule has 0 saturated carbocycles. The molecule has 0 aliphatic carbocycles. The molecule has 0 bridgehead atoms. The summed E-state index contributed by atoms with van der Waals surface area (Å²) in [5.74, 6) is 1.79. The number of likely N-dealkylation sites (N-methyl/N-ethyl adjacent to an activating group) is 1. The van der Waals surface area contributed by atoms with E-state index in [-0.39, 0.29) is 17.9 Å². The molecular formula is C22H26N2O4S. The molecule has 29 heavy (non-hydrogen) atoms. The smallest absolute Gasteiger partial charge is 0.251 e. The lowest BCUT2D eigenvalue weighted by Gasteiger charge is -2.31. The molecule has 0 radical (unpaired) electrons. The molecule has 0 unspecified atom stereocenters. The molecule has 1 N–H and O–H groups in total. The summed E-state index contributed by atoms with van der Waals surface area (Å²) in [6.45, 7) is 0.755. The van der Waals surface area contributed by atoms with Crippen LogP contribution >= 0.6 is 11.8 Å². The highest BCUT2D eigenvalue weighted by Gasteiger charge is 2.28. The third-order valence-corrected chi connectivity index (χ3v) is 5.32. The number of para-hydroxylation sites is 2. The van der Waals surface area contributed by atoms with Crippen molar-refractivity contribution in [1.82, 2.24) is 10.2 Å². The predicted octanol–water partition coefficient (Wildman–Crippen LogP) is 2.84. The van der Waals surface area contributed by atoms with Crippen LogP contribution in [0.3, 0.4) is 0 Å². The maximum absolute atomic E-state index is 13.0. The first-order valence-corrected chi connectivity index (χ1v) is 11.0. The molecule has 0 saturated heterocycles. The van der Waals surface area contributed by atoms with Crippen molar-refractivity contribution >= 4 is 23.6 Å². The van der Waals surface area contributed by atoms with Crippen LogP contribution in [-0.2, 0) is 4.79 Å². The fraction of sp³-hybridized carbons (Fsp3) is 0.364. The van der Waals surface area contributed by atoms with E-state index >= 15 is 0 Å². The van der Waals surface area contributed by atoms with E-state index in [9.17, 15) is 9.59 Å². The number of hydrogen-bond donors (Lipinski definition) is 1. The average Bonchev–Trinajstić information content (AvgIpc) is 2.76. The number of carbonyl (C=O) groups is 2. The molecule has 1 aliphatic rings. The Morgan fingerprint density at radius 3 is 2.55 bits per heavy atom. The topological polar surface area (TPSA) is 67.9 Å². The summed E-state index contributed by atoms with van der Waals surface area (Å²) in [6.07, 6.45) is 2.28. The standard InChI is InChI=1S/C22H26N2O4S/c1-24(14-17-15-27-19-10-6-7-11-20(19)28-17)22(26)18(12-13-29-2)23-21(25)16-8-4-3-5-9-16/h3-11,17-18H,12-15H2,1-2H3,(H,23,25)/t17-,18-/m1/s1. The Morgan fingerprint density at radius 2 is 1.83 bits per heavy atom. The van der Waals surface area contributed by atoms with E-state index in [0.717, 1.165) is 5.75 Å². The Morgan fingerprint density at radius 1 is 1.14 bits per heavy atom. The summed E-state index contributed by atoms with van der Waals surface area (Å²) >= 11 is 1.64.